The minimum absolute atomic E-state index is 0.262. The van der Waals surface area contributed by atoms with Crippen molar-refractivity contribution in [3.05, 3.63) is 0 Å². The largest absolute Gasteiger partial charge is 0.356 e. The molecule has 1 aliphatic carbocycles. The van der Waals surface area contributed by atoms with Crippen LogP contribution in [-0.2, 0) is 4.79 Å². The van der Waals surface area contributed by atoms with E-state index in [2.05, 4.69) is 38.2 Å². The predicted molar refractivity (Wildman–Crippen MR) is 109 cm³/mol. The standard InChI is InChI=1S/C22H44N2O/c1-5-7-15-22(16-8-6-2,20-13-10-9-11-14-20)19-21(25)23-17-12-18-24(3)4/h20H,5-19H2,1-4H3,(H,23,25). The van der Waals surface area contributed by atoms with Crippen molar-refractivity contribution in [3.8, 4) is 0 Å². The summed E-state index contributed by atoms with van der Waals surface area (Å²) in [5.74, 6) is 1.07. The molecule has 0 atom stereocenters. The van der Waals surface area contributed by atoms with E-state index >= 15 is 0 Å². The molecule has 0 saturated heterocycles. The molecule has 1 saturated carbocycles. The Morgan fingerprint density at radius 2 is 1.60 bits per heavy atom. The Balaban J connectivity index is 2.70. The molecule has 0 unspecified atom stereocenters. The van der Waals surface area contributed by atoms with Crippen molar-refractivity contribution in [3.63, 3.8) is 0 Å². The summed E-state index contributed by atoms with van der Waals surface area (Å²) in [7, 11) is 4.18. The first-order valence-electron chi connectivity index (χ1n) is 11.0. The van der Waals surface area contributed by atoms with Gasteiger partial charge < -0.3 is 10.2 Å². The molecule has 1 amide bonds. The second-order valence-corrected chi connectivity index (χ2v) is 8.59. The van der Waals surface area contributed by atoms with E-state index < -0.39 is 0 Å². The van der Waals surface area contributed by atoms with Crippen LogP contribution in [0.2, 0.25) is 0 Å². The van der Waals surface area contributed by atoms with Crippen molar-refractivity contribution in [2.75, 3.05) is 27.2 Å². The highest BCUT2D eigenvalue weighted by Crippen LogP contribution is 2.48. The molecule has 0 aromatic carbocycles. The third-order valence-electron chi connectivity index (χ3n) is 6.14. The number of carbonyl (C=O) groups excluding carboxylic acids is 1. The minimum atomic E-state index is 0.262. The first kappa shape index (κ1) is 22.5. The van der Waals surface area contributed by atoms with Gasteiger partial charge in [-0.15, -0.1) is 0 Å². The number of carbonyl (C=O) groups is 1. The number of rotatable bonds is 13. The molecule has 1 aliphatic rings. The SMILES string of the molecule is CCCCC(CCCC)(CC(=O)NCCCN(C)C)C1CCCCC1. The molecule has 0 bridgehead atoms. The van der Waals surface area contributed by atoms with Crippen molar-refractivity contribution in [2.24, 2.45) is 11.3 Å². The molecule has 1 N–H and O–H groups in total. The maximum Gasteiger partial charge on any atom is 0.220 e. The van der Waals surface area contributed by atoms with Crippen LogP contribution in [0.25, 0.3) is 0 Å². The van der Waals surface area contributed by atoms with Gasteiger partial charge in [-0.1, -0.05) is 58.8 Å². The Labute approximate surface area is 157 Å². The summed E-state index contributed by atoms with van der Waals surface area (Å²) >= 11 is 0. The third-order valence-corrected chi connectivity index (χ3v) is 6.14. The van der Waals surface area contributed by atoms with Gasteiger partial charge in [0.2, 0.25) is 5.91 Å². The van der Waals surface area contributed by atoms with Crippen LogP contribution >= 0.6 is 0 Å². The van der Waals surface area contributed by atoms with E-state index in [1.807, 2.05) is 0 Å². The fraction of sp³-hybridized carbons (Fsp3) is 0.955. The number of nitrogens with one attached hydrogen (secondary N) is 1. The van der Waals surface area contributed by atoms with E-state index in [0.29, 0.717) is 5.91 Å². The molecule has 1 rings (SSSR count). The van der Waals surface area contributed by atoms with Crippen molar-refractivity contribution >= 4 is 5.91 Å². The average Bonchev–Trinajstić information content (AvgIpc) is 2.61. The molecule has 1 fully saturated rings. The zero-order chi connectivity index (χ0) is 18.5. The van der Waals surface area contributed by atoms with E-state index in [-0.39, 0.29) is 5.41 Å². The fourth-order valence-electron chi connectivity index (χ4n) is 4.63. The third kappa shape index (κ3) is 8.57. The van der Waals surface area contributed by atoms with Gasteiger partial charge in [0.15, 0.2) is 0 Å². The van der Waals surface area contributed by atoms with E-state index in [1.165, 1.54) is 70.6 Å². The van der Waals surface area contributed by atoms with Gasteiger partial charge in [-0.2, -0.15) is 0 Å². The first-order chi connectivity index (χ1) is 12.0. The summed E-state index contributed by atoms with van der Waals surface area (Å²) in [6.45, 7) is 6.43. The van der Waals surface area contributed by atoms with Crippen LogP contribution in [0.1, 0.15) is 97.3 Å². The molecular formula is C22H44N2O. The van der Waals surface area contributed by atoms with Crippen LogP contribution in [0, 0.1) is 11.3 Å². The Morgan fingerprint density at radius 3 is 2.12 bits per heavy atom. The van der Waals surface area contributed by atoms with Gasteiger partial charge in [0.25, 0.3) is 0 Å². The Morgan fingerprint density at radius 1 is 1.00 bits per heavy atom. The summed E-state index contributed by atoms with van der Waals surface area (Å²) in [5, 5.41) is 3.22. The summed E-state index contributed by atoms with van der Waals surface area (Å²) in [6, 6.07) is 0. The second kappa shape index (κ2) is 12.7. The molecule has 0 aromatic heterocycles. The Hall–Kier alpha value is -0.570. The first-order valence-corrected chi connectivity index (χ1v) is 11.0. The molecule has 0 radical (unpaired) electrons. The monoisotopic (exact) mass is 352 g/mol. The van der Waals surface area contributed by atoms with Gasteiger partial charge in [0, 0.05) is 13.0 Å². The van der Waals surface area contributed by atoms with E-state index in [1.54, 1.807) is 0 Å². The van der Waals surface area contributed by atoms with Crippen molar-refractivity contribution in [1.82, 2.24) is 10.2 Å². The number of nitrogens with zero attached hydrogens (tertiary/aromatic N) is 1. The van der Waals surface area contributed by atoms with Crippen LogP contribution in [0.15, 0.2) is 0 Å². The van der Waals surface area contributed by atoms with Gasteiger partial charge in [0.05, 0.1) is 0 Å². The van der Waals surface area contributed by atoms with Crippen molar-refractivity contribution < 1.29 is 4.79 Å². The highest BCUT2D eigenvalue weighted by Gasteiger charge is 2.39. The molecule has 3 nitrogen and oxygen atoms in total. The van der Waals surface area contributed by atoms with Crippen LogP contribution in [0.5, 0.6) is 0 Å². The highest BCUT2D eigenvalue weighted by molar-refractivity contribution is 5.76. The highest BCUT2D eigenvalue weighted by atomic mass is 16.1. The molecule has 25 heavy (non-hydrogen) atoms. The molecule has 148 valence electrons. The Kier molecular flexibility index (Phi) is 11.4. The smallest absolute Gasteiger partial charge is 0.220 e. The van der Waals surface area contributed by atoms with Gasteiger partial charge in [-0.05, 0) is 64.1 Å². The van der Waals surface area contributed by atoms with Crippen molar-refractivity contribution in [2.45, 2.75) is 97.3 Å². The normalized spacial score (nSPS) is 16.4. The second-order valence-electron chi connectivity index (χ2n) is 8.59. The van der Waals surface area contributed by atoms with Crippen LogP contribution in [0.4, 0.5) is 0 Å². The van der Waals surface area contributed by atoms with E-state index in [4.69, 9.17) is 0 Å². The van der Waals surface area contributed by atoms with Crippen LogP contribution in [0.3, 0.4) is 0 Å². The van der Waals surface area contributed by atoms with Gasteiger partial charge >= 0.3 is 0 Å². The lowest BCUT2D eigenvalue weighted by atomic mass is 9.62. The number of hydrogen-bond acceptors (Lipinski definition) is 2. The molecule has 3 heteroatoms. The predicted octanol–water partition coefficient (Wildman–Crippen LogP) is 5.39. The minimum Gasteiger partial charge on any atom is -0.356 e. The zero-order valence-electron chi connectivity index (χ0n) is 17.5. The molecule has 0 aromatic rings. The lowest BCUT2D eigenvalue weighted by molar-refractivity contribution is -0.125. The quantitative estimate of drug-likeness (QED) is 0.451. The summed E-state index contributed by atoms with van der Waals surface area (Å²) < 4.78 is 0. The molecule has 0 aliphatic heterocycles. The summed E-state index contributed by atoms with van der Waals surface area (Å²) in [5.41, 5.74) is 0.262. The number of hydrogen-bond donors (Lipinski definition) is 1. The van der Waals surface area contributed by atoms with Crippen LogP contribution in [-0.4, -0.2) is 38.0 Å². The van der Waals surface area contributed by atoms with Gasteiger partial charge in [-0.25, -0.2) is 0 Å². The lowest BCUT2D eigenvalue weighted by Gasteiger charge is -2.43. The van der Waals surface area contributed by atoms with E-state index in [0.717, 1.165) is 31.8 Å². The summed E-state index contributed by atoms with van der Waals surface area (Å²) in [6.07, 6.45) is 16.2. The van der Waals surface area contributed by atoms with Gasteiger partial charge in [0.1, 0.15) is 0 Å². The maximum absolute atomic E-state index is 12.7. The fourth-order valence-corrected chi connectivity index (χ4v) is 4.63. The lowest BCUT2D eigenvalue weighted by Crippen LogP contribution is -2.39. The van der Waals surface area contributed by atoms with E-state index in [9.17, 15) is 4.79 Å². The molecular weight excluding hydrogens is 308 g/mol. The summed E-state index contributed by atoms with van der Waals surface area (Å²) in [4.78, 5) is 14.9. The number of unbranched alkanes of at least 4 members (excludes halogenated alkanes) is 2. The van der Waals surface area contributed by atoms with Gasteiger partial charge in [-0.3, -0.25) is 4.79 Å². The van der Waals surface area contributed by atoms with Crippen LogP contribution < -0.4 is 5.32 Å². The maximum atomic E-state index is 12.7. The Bertz CT molecular complexity index is 340. The average molecular weight is 353 g/mol. The zero-order valence-corrected chi connectivity index (χ0v) is 17.5. The topological polar surface area (TPSA) is 32.3 Å². The molecule has 0 heterocycles. The molecule has 0 spiro atoms. The number of amides is 1. The van der Waals surface area contributed by atoms with Crippen molar-refractivity contribution in [1.29, 1.82) is 0 Å².